The standard InChI is InChI=1S/C24H32FNO2/c1-16(2)27-23-12-11-19(13-24(23)28-17(3)4)10-9-18(5)26-14-20-7-6-8-22(25)21(20)15-26/h6-8,11-13,16-18H,9-10,14-15H2,1-5H3. The molecule has 0 aliphatic carbocycles. The Bertz CT molecular complexity index is 803. The number of hydrogen-bond donors (Lipinski definition) is 0. The average Bonchev–Trinajstić information content (AvgIpc) is 3.06. The van der Waals surface area contributed by atoms with Gasteiger partial charge in [0, 0.05) is 24.7 Å². The lowest BCUT2D eigenvalue weighted by molar-refractivity contribution is 0.197. The van der Waals surface area contributed by atoms with Gasteiger partial charge in [0.2, 0.25) is 0 Å². The van der Waals surface area contributed by atoms with Crippen molar-refractivity contribution in [1.82, 2.24) is 4.90 Å². The summed E-state index contributed by atoms with van der Waals surface area (Å²) in [4.78, 5) is 2.36. The van der Waals surface area contributed by atoms with Crippen LogP contribution in [0.5, 0.6) is 11.5 Å². The zero-order chi connectivity index (χ0) is 20.3. The lowest BCUT2D eigenvalue weighted by Gasteiger charge is -2.24. The van der Waals surface area contributed by atoms with Crippen molar-refractivity contribution in [3.05, 3.63) is 58.9 Å². The molecule has 0 bridgehead atoms. The van der Waals surface area contributed by atoms with Gasteiger partial charge < -0.3 is 9.47 Å². The van der Waals surface area contributed by atoms with Gasteiger partial charge in [-0.25, -0.2) is 4.39 Å². The topological polar surface area (TPSA) is 21.7 Å². The summed E-state index contributed by atoms with van der Waals surface area (Å²) in [6, 6.07) is 12.0. The van der Waals surface area contributed by atoms with E-state index in [-0.39, 0.29) is 18.0 Å². The molecule has 1 aliphatic rings. The van der Waals surface area contributed by atoms with Crippen LogP contribution in [0, 0.1) is 5.82 Å². The lowest BCUT2D eigenvalue weighted by Crippen LogP contribution is -2.28. The van der Waals surface area contributed by atoms with Gasteiger partial charge in [-0.3, -0.25) is 4.90 Å². The SMILES string of the molecule is CC(C)Oc1ccc(CCC(C)N2Cc3cccc(F)c3C2)cc1OC(C)C. The van der Waals surface area contributed by atoms with Crippen molar-refractivity contribution in [2.24, 2.45) is 0 Å². The quantitative estimate of drug-likeness (QED) is 0.579. The van der Waals surface area contributed by atoms with Crippen LogP contribution in [0.25, 0.3) is 0 Å². The molecule has 0 aromatic heterocycles. The van der Waals surface area contributed by atoms with Gasteiger partial charge in [0.05, 0.1) is 12.2 Å². The van der Waals surface area contributed by atoms with E-state index in [2.05, 4.69) is 24.0 Å². The number of nitrogens with zero attached hydrogens (tertiary/aromatic N) is 1. The number of hydrogen-bond acceptors (Lipinski definition) is 3. The first-order valence-corrected chi connectivity index (χ1v) is 10.3. The van der Waals surface area contributed by atoms with Gasteiger partial charge in [0.25, 0.3) is 0 Å². The highest BCUT2D eigenvalue weighted by molar-refractivity contribution is 5.43. The third-order valence-corrected chi connectivity index (χ3v) is 5.16. The molecule has 0 fully saturated rings. The number of fused-ring (bicyclic) bond motifs is 1. The molecule has 3 nitrogen and oxygen atoms in total. The Morgan fingerprint density at radius 3 is 2.32 bits per heavy atom. The van der Waals surface area contributed by atoms with Crippen LogP contribution in [0.4, 0.5) is 4.39 Å². The van der Waals surface area contributed by atoms with E-state index in [0.29, 0.717) is 12.6 Å². The summed E-state index contributed by atoms with van der Waals surface area (Å²) in [6.45, 7) is 11.8. The molecule has 4 heteroatoms. The van der Waals surface area contributed by atoms with E-state index in [9.17, 15) is 4.39 Å². The number of benzene rings is 2. The fraction of sp³-hybridized carbons (Fsp3) is 0.500. The first-order valence-electron chi connectivity index (χ1n) is 10.3. The predicted octanol–water partition coefficient (Wildman–Crippen LogP) is 5.74. The third-order valence-electron chi connectivity index (χ3n) is 5.16. The first-order chi connectivity index (χ1) is 13.3. The lowest BCUT2D eigenvalue weighted by atomic mass is 10.0. The minimum atomic E-state index is -0.0802. The van der Waals surface area contributed by atoms with E-state index in [4.69, 9.17) is 9.47 Å². The average molecular weight is 386 g/mol. The summed E-state index contributed by atoms with van der Waals surface area (Å²) in [5.74, 6) is 1.53. The zero-order valence-electron chi connectivity index (χ0n) is 17.7. The maximum atomic E-state index is 14.0. The summed E-state index contributed by atoms with van der Waals surface area (Å²) in [5, 5.41) is 0. The van der Waals surface area contributed by atoms with E-state index >= 15 is 0 Å². The first kappa shape index (κ1) is 20.7. The van der Waals surface area contributed by atoms with Crippen molar-refractivity contribution >= 4 is 0 Å². The molecule has 1 heterocycles. The zero-order valence-corrected chi connectivity index (χ0v) is 17.7. The molecule has 1 aliphatic heterocycles. The van der Waals surface area contributed by atoms with Crippen LogP contribution in [0.3, 0.4) is 0 Å². The van der Waals surface area contributed by atoms with Crippen molar-refractivity contribution in [3.63, 3.8) is 0 Å². The molecule has 0 amide bonds. The Morgan fingerprint density at radius 2 is 1.64 bits per heavy atom. The van der Waals surface area contributed by atoms with Crippen molar-refractivity contribution in [1.29, 1.82) is 0 Å². The van der Waals surface area contributed by atoms with E-state index in [0.717, 1.165) is 42.0 Å². The molecule has 2 aromatic carbocycles. The molecule has 1 atom stereocenters. The summed E-state index contributed by atoms with van der Waals surface area (Å²) >= 11 is 0. The van der Waals surface area contributed by atoms with Crippen molar-refractivity contribution in [2.75, 3.05) is 0 Å². The Morgan fingerprint density at radius 1 is 0.929 bits per heavy atom. The molecule has 2 aromatic rings. The van der Waals surface area contributed by atoms with Gasteiger partial charge in [-0.2, -0.15) is 0 Å². The maximum absolute atomic E-state index is 14.0. The Labute approximate surface area is 168 Å². The van der Waals surface area contributed by atoms with E-state index in [1.165, 1.54) is 5.56 Å². The molecular weight excluding hydrogens is 353 g/mol. The van der Waals surface area contributed by atoms with E-state index in [1.807, 2.05) is 39.8 Å². The van der Waals surface area contributed by atoms with Crippen molar-refractivity contribution < 1.29 is 13.9 Å². The fourth-order valence-corrected chi connectivity index (χ4v) is 3.68. The summed E-state index contributed by atoms with van der Waals surface area (Å²) < 4.78 is 25.9. The van der Waals surface area contributed by atoms with Gasteiger partial charge in [0.1, 0.15) is 5.82 Å². The van der Waals surface area contributed by atoms with Gasteiger partial charge >= 0.3 is 0 Å². The predicted molar refractivity (Wildman–Crippen MR) is 111 cm³/mol. The van der Waals surface area contributed by atoms with E-state index in [1.54, 1.807) is 12.1 Å². The molecule has 0 spiro atoms. The van der Waals surface area contributed by atoms with Crippen molar-refractivity contribution in [2.45, 2.75) is 78.8 Å². The van der Waals surface area contributed by atoms with Crippen LogP contribution in [0.2, 0.25) is 0 Å². The highest BCUT2D eigenvalue weighted by Crippen LogP contribution is 2.32. The summed E-state index contributed by atoms with van der Waals surface area (Å²) in [6.07, 6.45) is 2.17. The second kappa shape index (κ2) is 8.95. The third kappa shape index (κ3) is 5.05. The van der Waals surface area contributed by atoms with Crippen LogP contribution in [-0.2, 0) is 19.5 Å². The highest BCUT2D eigenvalue weighted by Gasteiger charge is 2.25. The molecule has 0 N–H and O–H groups in total. The number of rotatable bonds is 8. The maximum Gasteiger partial charge on any atom is 0.161 e. The fourth-order valence-electron chi connectivity index (χ4n) is 3.68. The minimum Gasteiger partial charge on any atom is -0.487 e. The van der Waals surface area contributed by atoms with Crippen LogP contribution < -0.4 is 9.47 Å². The molecule has 0 radical (unpaired) electrons. The van der Waals surface area contributed by atoms with Gasteiger partial charge in [-0.1, -0.05) is 18.2 Å². The van der Waals surface area contributed by atoms with E-state index < -0.39 is 0 Å². The summed E-state index contributed by atoms with van der Waals surface area (Å²) in [7, 11) is 0. The minimum absolute atomic E-state index is 0.0802. The normalized spacial score (nSPS) is 15.1. The summed E-state index contributed by atoms with van der Waals surface area (Å²) in [5.41, 5.74) is 3.22. The monoisotopic (exact) mass is 385 g/mol. The van der Waals surface area contributed by atoms with Gasteiger partial charge in [0.15, 0.2) is 11.5 Å². The van der Waals surface area contributed by atoms with Gasteiger partial charge in [-0.05, 0) is 76.8 Å². The number of aryl methyl sites for hydroxylation is 1. The molecule has 0 saturated carbocycles. The number of halogens is 1. The Balaban J connectivity index is 1.63. The van der Waals surface area contributed by atoms with Gasteiger partial charge in [-0.15, -0.1) is 0 Å². The number of ether oxygens (including phenoxy) is 2. The molecule has 3 rings (SSSR count). The highest BCUT2D eigenvalue weighted by atomic mass is 19.1. The van der Waals surface area contributed by atoms with Crippen molar-refractivity contribution in [3.8, 4) is 11.5 Å². The van der Waals surface area contributed by atoms with Crippen LogP contribution in [-0.4, -0.2) is 23.1 Å². The second-order valence-electron chi connectivity index (χ2n) is 8.28. The Hall–Kier alpha value is -2.07. The smallest absolute Gasteiger partial charge is 0.161 e. The largest absolute Gasteiger partial charge is 0.487 e. The molecule has 28 heavy (non-hydrogen) atoms. The van der Waals surface area contributed by atoms with Crippen LogP contribution in [0.1, 0.15) is 57.7 Å². The molecule has 1 unspecified atom stereocenters. The van der Waals surface area contributed by atoms with Crippen LogP contribution in [0.15, 0.2) is 36.4 Å². The molecule has 0 saturated heterocycles. The Kier molecular flexibility index (Phi) is 6.61. The van der Waals surface area contributed by atoms with Crippen LogP contribution >= 0.6 is 0 Å². The second-order valence-corrected chi connectivity index (χ2v) is 8.28. The molecular formula is C24H32FNO2. The molecule has 152 valence electrons.